The number of nitrogens with two attached hydrogens (primary N) is 1. The van der Waals surface area contributed by atoms with Crippen molar-refractivity contribution in [3.63, 3.8) is 0 Å². The van der Waals surface area contributed by atoms with E-state index in [1.807, 2.05) is 13.8 Å². The van der Waals surface area contributed by atoms with E-state index >= 15 is 0 Å². The normalized spacial score (nSPS) is 12.9. The van der Waals surface area contributed by atoms with Gasteiger partial charge in [0.1, 0.15) is 6.61 Å². The maximum absolute atomic E-state index is 11.2. The summed E-state index contributed by atoms with van der Waals surface area (Å²) in [6.07, 6.45) is 1.72. The van der Waals surface area contributed by atoms with Crippen molar-refractivity contribution in [1.82, 2.24) is 0 Å². The Kier molecular flexibility index (Phi) is 7.00. The van der Waals surface area contributed by atoms with E-state index in [9.17, 15) is 4.79 Å². The predicted molar refractivity (Wildman–Crippen MR) is 49.0 cm³/mol. The van der Waals surface area contributed by atoms with Crippen LogP contribution in [0.15, 0.2) is 0 Å². The minimum atomic E-state index is 0.0480. The zero-order valence-electron chi connectivity index (χ0n) is 8.01. The highest BCUT2D eigenvalue weighted by molar-refractivity contribution is 5.81. The molecule has 1 atom stereocenters. The Hall–Kier alpha value is -0.410. The second-order valence-corrected chi connectivity index (χ2v) is 3.00. The van der Waals surface area contributed by atoms with E-state index in [1.54, 1.807) is 0 Å². The van der Waals surface area contributed by atoms with Crippen LogP contribution < -0.4 is 5.73 Å². The third-order valence-corrected chi connectivity index (χ3v) is 1.74. The Balaban J connectivity index is 3.43. The van der Waals surface area contributed by atoms with Gasteiger partial charge in [0.2, 0.25) is 0 Å². The summed E-state index contributed by atoms with van der Waals surface area (Å²) < 4.78 is 5.12. The molecule has 0 aromatic heterocycles. The van der Waals surface area contributed by atoms with Crippen LogP contribution in [0.1, 0.15) is 26.7 Å². The highest BCUT2D eigenvalue weighted by Crippen LogP contribution is 2.01. The lowest BCUT2D eigenvalue weighted by Crippen LogP contribution is -2.20. The Morgan fingerprint density at radius 1 is 1.58 bits per heavy atom. The van der Waals surface area contributed by atoms with Gasteiger partial charge >= 0.3 is 0 Å². The molecule has 1 unspecified atom stereocenters. The van der Waals surface area contributed by atoms with Gasteiger partial charge in [-0.3, -0.25) is 4.79 Å². The number of Topliss-reactive ketones (excluding diaryl/α,β-unsaturated/α-hetero) is 1. The number of ketones is 1. The molecule has 0 aromatic carbocycles. The van der Waals surface area contributed by atoms with E-state index < -0.39 is 0 Å². The molecule has 2 N–H and O–H groups in total. The van der Waals surface area contributed by atoms with Gasteiger partial charge in [0.15, 0.2) is 5.78 Å². The third kappa shape index (κ3) is 5.27. The van der Waals surface area contributed by atoms with Crippen molar-refractivity contribution in [2.24, 2.45) is 11.7 Å². The van der Waals surface area contributed by atoms with Gasteiger partial charge in [-0.1, -0.05) is 13.8 Å². The molecule has 0 aliphatic rings. The first-order chi connectivity index (χ1) is 5.72. The van der Waals surface area contributed by atoms with Crippen molar-refractivity contribution in [2.45, 2.75) is 26.7 Å². The molecule has 3 heteroatoms. The van der Waals surface area contributed by atoms with E-state index in [-0.39, 0.29) is 18.3 Å². The second-order valence-electron chi connectivity index (χ2n) is 3.00. The molecule has 0 aliphatic carbocycles. The van der Waals surface area contributed by atoms with Crippen LogP contribution in [0.2, 0.25) is 0 Å². The van der Waals surface area contributed by atoms with Gasteiger partial charge in [0.25, 0.3) is 0 Å². The van der Waals surface area contributed by atoms with E-state index in [4.69, 9.17) is 10.5 Å². The lowest BCUT2D eigenvalue weighted by Gasteiger charge is -2.08. The highest BCUT2D eigenvalue weighted by Gasteiger charge is 2.10. The van der Waals surface area contributed by atoms with Crippen molar-refractivity contribution in [2.75, 3.05) is 19.8 Å². The summed E-state index contributed by atoms with van der Waals surface area (Å²) in [7, 11) is 0. The minimum absolute atomic E-state index is 0.0480. The third-order valence-electron chi connectivity index (χ3n) is 1.74. The number of hydrogen-bond acceptors (Lipinski definition) is 3. The van der Waals surface area contributed by atoms with Gasteiger partial charge < -0.3 is 10.5 Å². The van der Waals surface area contributed by atoms with E-state index in [0.29, 0.717) is 13.2 Å². The second kappa shape index (κ2) is 7.25. The van der Waals surface area contributed by atoms with Crippen LogP contribution in [0.3, 0.4) is 0 Å². The fourth-order valence-corrected chi connectivity index (χ4v) is 0.870. The van der Waals surface area contributed by atoms with E-state index in [2.05, 4.69) is 0 Å². The number of carbonyl (C=O) groups is 1. The molecule has 0 saturated heterocycles. The average molecular weight is 173 g/mol. The van der Waals surface area contributed by atoms with Crippen LogP contribution in [0.4, 0.5) is 0 Å². The van der Waals surface area contributed by atoms with Crippen molar-refractivity contribution in [3.8, 4) is 0 Å². The zero-order valence-corrected chi connectivity index (χ0v) is 8.01. The summed E-state index contributed by atoms with van der Waals surface area (Å²) in [5, 5.41) is 0. The summed E-state index contributed by atoms with van der Waals surface area (Å²) in [4.78, 5) is 11.2. The molecular weight excluding hydrogens is 154 g/mol. The van der Waals surface area contributed by atoms with Crippen LogP contribution in [0.5, 0.6) is 0 Å². The van der Waals surface area contributed by atoms with Crippen molar-refractivity contribution < 1.29 is 9.53 Å². The van der Waals surface area contributed by atoms with Crippen LogP contribution >= 0.6 is 0 Å². The summed E-state index contributed by atoms with van der Waals surface area (Å²) >= 11 is 0. The SMILES string of the molecule is CCCOCC(=O)C(C)CCN. The molecule has 0 amide bonds. The Labute approximate surface area is 74.3 Å². The predicted octanol–water partition coefficient (Wildman–Crippen LogP) is 0.967. The van der Waals surface area contributed by atoms with Gasteiger partial charge in [0.05, 0.1) is 0 Å². The van der Waals surface area contributed by atoms with Crippen LogP contribution in [-0.2, 0) is 9.53 Å². The average Bonchev–Trinajstić information content (AvgIpc) is 2.05. The van der Waals surface area contributed by atoms with Crippen molar-refractivity contribution >= 4 is 5.78 Å². The number of carbonyl (C=O) groups excluding carboxylic acids is 1. The first-order valence-corrected chi connectivity index (χ1v) is 4.52. The van der Waals surface area contributed by atoms with Gasteiger partial charge in [-0.2, -0.15) is 0 Å². The first-order valence-electron chi connectivity index (χ1n) is 4.52. The number of hydrogen-bond donors (Lipinski definition) is 1. The Morgan fingerprint density at radius 3 is 2.75 bits per heavy atom. The van der Waals surface area contributed by atoms with Gasteiger partial charge in [0, 0.05) is 12.5 Å². The quantitative estimate of drug-likeness (QED) is 0.583. The summed E-state index contributed by atoms with van der Waals surface area (Å²) in [6.45, 7) is 5.40. The number of ether oxygens (including phenoxy) is 1. The van der Waals surface area contributed by atoms with Crippen LogP contribution in [0, 0.1) is 5.92 Å². The van der Waals surface area contributed by atoms with E-state index in [0.717, 1.165) is 12.8 Å². The Bertz CT molecular complexity index is 126. The lowest BCUT2D eigenvalue weighted by atomic mass is 10.0. The van der Waals surface area contributed by atoms with Crippen molar-refractivity contribution in [3.05, 3.63) is 0 Å². The van der Waals surface area contributed by atoms with Gasteiger partial charge in [-0.15, -0.1) is 0 Å². The fourth-order valence-electron chi connectivity index (χ4n) is 0.870. The zero-order chi connectivity index (χ0) is 9.40. The van der Waals surface area contributed by atoms with Gasteiger partial charge in [-0.25, -0.2) is 0 Å². The molecule has 0 saturated carbocycles. The summed E-state index contributed by atoms with van der Waals surface area (Å²) in [5.74, 6) is 0.209. The lowest BCUT2D eigenvalue weighted by molar-refractivity contribution is -0.127. The molecule has 0 spiro atoms. The monoisotopic (exact) mass is 173 g/mol. The maximum Gasteiger partial charge on any atom is 0.161 e. The van der Waals surface area contributed by atoms with Crippen LogP contribution in [0.25, 0.3) is 0 Å². The van der Waals surface area contributed by atoms with Crippen LogP contribution in [-0.4, -0.2) is 25.5 Å². The first kappa shape index (κ1) is 11.6. The molecule has 0 fully saturated rings. The smallest absolute Gasteiger partial charge is 0.161 e. The largest absolute Gasteiger partial charge is 0.374 e. The van der Waals surface area contributed by atoms with Gasteiger partial charge in [-0.05, 0) is 19.4 Å². The molecule has 0 aromatic rings. The molecule has 12 heavy (non-hydrogen) atoms. The molecule has 0 radical (unpaired) electrons. The topological polar surface area (TPSA) is 52.3 Å². The van der Waals surface area contributed by atoms with E-state index in [1.165, 1.54) is 0 Å². The molecule has 0 heterocycles. The Morgan fingerprint density at radius 2 is 2.25 bits per heavy atom. The summed E-state index contributed by atoms with van der Waals surface area (Å²) in [5.41, 5.74) is 5.33. The van der Waals surface area contributed by atoms with Crippen molar-refractivity contribution in [1.29, 1.82) is 0 Å². The standard InChI is InChI=1S/C9H19NO2/c1-3-6-12-7-9(11)8(2)4-5-10/h8H,3-7,10H2,1-2H3. The summed E-state index contributed by atoms with van der Waals surface area (Å²) in [6, 6.07) is 0. The molecule has 0 rings (SSSR count). The fraction of sp³-hybridized carbons (Fsp3) is 0.889. The number of rotatable bonds is 7. The molecule has 72 valence electrons. The minimum Gasteiger partial charge on any atom is -0.374 e. The molecule has 0 aliphatic heterocycles. The molecular formula is C9H19NO2. The highest BCUT2D eigenvalue weighted by atomic mass is 16.5. The molecule has 0 bridgehead atoms. The molecule has 3 nitrogen and oxygen atoms in total. The maximum atomic E-state index is 11.2.